The predicted molar refractivity (Wildman–Crippen MR) is 96.4 cm³/mol. The molecule has 2 amide bonds. The maximum atomic E-state index is 12.3. The van der Waals surface area contributed by atoms with E-state index in [9.17, 15) is 28.2 Å². The van der Waals surface area contributed by atoms with Crippen molar-refractivity contribution in [3.05, 3.63) is 29.8 Å². The third-order valence-electron chi connectivity index (χ3n) is 4.19. The number of benzene rings is 1. The van der Waals surface area contributed by atoms with E-state index < -0.39 is 59.1 Å². The molecule has 28 heavy (non-hydrogen) atoms. The van der Waals surface area contributed by atoms with E-state index in [1.54, 1.807) is 19.1 Å². The Kier molecular flexibility index (Phi) is 7.12. The number of amides is 2. The highest BCUT2D eigenvalue weighted by molar-refractivity contribution is 7.86. The van der Waals surface area contributed by atoms with Gasteiger partial charge in [0.1, 0.15) is 18.2 Å². The van der Waals surface area contributed by atoms with Crippen LogP contribution in [0.1, 0.15) is 19.4 Å². The van der Waals surface area contributed by atoms with Gasteiger partial charge in [-0.15, -0.1) is 0 Å². The first kappa shape index (κ1) is 22.2. The van der Waals surface area contributed by atoms with Crippen LogP contribution in [0.3, 0.4) is 0 Å². The second-order valence-electron chi connectivity index (χ2n) is 6.56. The zero-order valence-corrected chi connectivity index (χ0v) is 16.5. The second-order valence-corrected chi connectivity index (χ2v) is 8.18. The maximum Gasteiger partial charge on any atom is 0.297 e. The van der Waals surface area contributed by atoms with E-state index in [-0.39, 0.29) is 4.90 Å². The summed E-state index contributed by atoms with van der Waals surface area (Å²) in [6, 6.07) is 3.66. The lowest BCUT2D eigenvalue weighted by atomic mass is 9.94. The van der Waals surface area contributed by atoms with E-state index in [1.165, 1.54) is 26.0 Å². The molecule has 0 bridgehead atoms. The summed E-state index contributed by atoms with van der Waals surface area (Å²) < 4.78 is 35.0. The summed E-state index contributed by atoms with van der Waals surface area (Å²) in [5.41, 5.74) is 0.871. The van der Waals surface area contributed by atoms with Crippen LogP contribution in [0.4, 0.5) is 0 Å². The molecule has 10 nitrogen and oxygen atoms in total. The van der Waals surface area contributed by atoms with Gasteiger partial charge in [0.25, 0.3) is 10.1 Å². The topological polar surface area (TPSA) is 151 Å². The van der Waals surface area contributed by atoms with E-state index in [0.717, 1.165) is 5.56 Å². The van der Waals surface area contributed by atoms with Crippen LogP contribution in [0.25, 0.3) is 0 Å². The van der Waals surface area contributed by atoms with Gasteiger partial charge < -0.3 is 25.6 Å². The average Bonchev–Trinajstić information content (AvgIpc) is 2.59. The highest BCUT2D eigenvalue weighted by Crippen LogP contribution is 2.22. The Morgan fingerprint density at radius 1 is 1.07 bits per heavy atom. The predicted octanol–water partition coefficient (Wildman–Crippen LogP) is -1.21. The standard InChI is InChI=1S/C17H24N2O8S/c1-9-4-6-12(7-5-9)28(24,25)26-8-13-14(18-10(2)20)16(22)15(17(23)27-13)19-11(3)21/h4-7,13-17,22-23H,8H2,1-3H3,(H,18,20)(H,19,21)/t13-,14-,15+,16+,17-/m1/s1. The molecule has 11 heteroatoms. The number of carbonyl (C=O) groups is 2. The van der Waals surface area contributed by atoms with Crippen molar-refractivity contribution < 1.29 is 37.1 Å². The molecular weight excluding hydrogens is 392 g/mol. The van der Waals surface area contributed by atoms with Gasteiger partial charge in [-0.2, -0.15) is 8.42 Å². The molecule has 0 spiro atoms. The minimum atomic E-state index is -4.12. The minimum Gasteiger partial charge on any atom is -0.389 e. The second kappa shape index (κ2) is 8.97. The Morgan fingerprint density at radius 3 is 2.14 bits per heavy atom. The van der Waals surface area contributed by atoms with Crippen molar-refractivity contribution in [1.82, 2.24) is 10.6 Å². The van der Waals surface area contributed by atoms with Gasteiger partial charge in [-0.25, -0.2) is 0 Å². The number of ether oxygens (including phenoxy) is 1. The smallest absolute Gasteiger partial charge is 0.297 e. The molecule has 1 saturated heterocycles. The highest BCUT2D eigenvalue weighted by atomic mass is 32.2. The Bertz CT molecular complexity index is 811. The van der Waals surface area contributed by atoms with Gasteiger partial charge in [0.2, 0.25) is 11.8 Å². The molecule has 1 aliphatic rings. The summed E-state index contributed by atoms with van der Waals surface area (Å²) in [6.07, 6.45) is -4.24. The number of hydrogen-bond acceptors (Lipinski definition) is 8. The van der Waals surface area contributed by atoms with Crippen LogP contribution in [0.15, 0.2) is 29.2 Å². The average molecular weight is 416 g/mol. The summed E-state index contributed by atoms with van der Waals surface area (Å²) in [5, 5.41) is 25.3. The van der Waals surface area contributed by atoms with Crippen LogP contribution in [0.5, 0.6) is 0 Å². The Balaban J connectivity index is 2.16. The van der Waals surface area contributed by atoms with E-state index in [4.69, 9.17) is 8.92 Å². The minimum absolute atomic E-state index is 0.0674. The van der Waals surface area contributed by atoms with Crippen molar-refractivity contribution in [3.8, 4) is 0 Å². The van der Waals surface area contributed by atoms with Gasteiger partial charge in [0, 0.05) is 13.8 Å². The molecule has 2 rings (SSSR count). The van der Waals surface area contributed by atoms with E-state index >= 15 is 0 Å². The molecule has 4 N–H and O–H groups in total. The van der Waals surface area contributed by atoms with E-state index in [0.29, 0.717) is 0 Å². The molecule has 0 radical (unpaired) electrons. The summed E-state index contributed by atoms with van der Waals surface area (Å²) in [5.74, 6) is -1.04. The molecule has 0 unspecified atom stereocenters. The molecule has 0 saturated carbocycles. The van der Waals surface area contributed by atoms with Crippen LogP contribution in [-0.2, 0) is 28.6 Å². The van der Waals surface area contributed by atoms with Gasteiger partial charge in [-0.05, 0) is 19.1 Å². The monoisotopic (exact) mass is 416 g/mol. The third kappa shape index (κ3) is 5.49. The largest absolute Gasteiger partial charge is 0.389 e. The lowest BCUT2D eigenvalue weighted by Gasteiger charge is -2.43. The van der Waals surface area contributed by atoms with Crippen molar-refractivity contribution >= 4 is 21.9 Å². The molecule has 0 aromatic heterocycles. The summed E-state index contributed by atoms with van der Waals surface area (Å²) in [7, 11) is -4.12. The zero-order valence-electron chi connectivity index (χ0n) is 15.7. The molecular formula is C17H24N2O8S. The SMILES string of the molecule is CC(=O)N[C@H]1[C@@H](O)[C@H](NC(C)=O)[C@@H](COS(=O)(=O)c2ccc(C)cc2)O[C@H]1O. The number of hydrogen-bond donors (Lipinski definition) is 4. The van der Waals surface area contributed by atoms with Crippen LogP contribution in [-0.4, -0.2) is 67.6 Å². The molecule has 1 aliphatic heterocycles. The molecule has 5 atom stereocenters. The van der Waals surface area contributed by atoms with Crippen molar-refractivity contribution in [2.75, 3.05) is 6.61 Å². The maximum absolute atomic E-state index is 12.3. The van der Waals surface area contributed by atoms with Crippen molar-refractivity contribution in [2.24, 2.45) is 0 Å². The first-order valence-corrected chi connectivity index (χ1v) is 9.94. The summed E-state index contributed by atoms with van der Waals surface area (Å²) in [4.78, 5) is 22.7. The van der Waals surface area contributed by atoms with Gasteiger partial charge in [-0.3, -0.25) is 13.8 Å². The zero-order chi connectivity index (χ0) is 21.1. The number of aryl methyl sites for hydroxylation is 1. The summed E-state index contributed by atoms with van der Waals surface area (Å²) in [6.45, 7) is 3.63. The normalized spacial score (nSPS) is 27.8. The van der Waals surface area contributed by atoms with Crippen LogP contribution >= 0.6 is 0 Å². The highest BCUT2D eigenvalue weighted by Gasteiger charge is 2.46. The number of rotatable bonds is 6. The van der Waals surface area contributed by atoms with Crippen molar-refractivity contribution in [2.45, 2.75) is 56.2 Å². The van der Waals surface area contributed by atoms with Crippen molar-refractivity contribution in [1.29, 1.82) is 0 Å². The molecule has 0 aliphatic carbocycles. The number of aliphatic hydroxyl groups is 2. The fraction of sp³-hybridized carbons (Fsp3) is 0.529. The molecule has 1 aromatic rings. The van der Waals surface area contributed by atoms with Gasteiger partial charge in [0.05, 0.1) is 17.5 Å². The summed E-state index contributed by atoms with van der Waals surface area (Å²) >= 11 is 0. The number of aliphatic hydroxyl groups excluding tert-OH is 2. The number of nitrogens with one attached hydrogen (secondary N) is 2. The van der Waals surface area contributed by atoms with Crippen LogP contribution < -0.4 is 10.6 Å². The van der Waals surface area contributed by atoms with Gasteiger partial charge in [-0.1, -0.05) is 17.7 Å². The Labute approximate surface area is 163 Å². The first-order valence-electron chi connectivity index (χ1n) is 8.53. The molecule has 1 heterocycles. The van der Waals surface area contributed by atoms with Gasteiger partial charge >= 0.3 is 0 Å². The van der Waals surface area contributed by atoms with Crippen LogP contribution in [0, 0.1) is 6.92 Å². The number of carbonyl (C=O) groups excluding carboxylic acids is 2. The van der Waals surface area contributed by atoms with Crippen LogP contribution in [0.2, 0.25) is 0 Å². The fourth-order valence-electron chi connectivity index (χ4n) is 2.84. The third-order valence-corrected chi connectivity index (χ3v) is 5.49. The quantitative estimate of drug-likeness (QED) is 0.422. The molecule has 1 fully saturated rings. The Hall–Kier alpha value is -2.05. The lowest BCUT2D eigenvalue weighted by molar-refractivity contribution is -0.224. The lowest BCUT2D eigenvalue weighted by Crippen LogP contribution is -2.68. The Morgan fingerprint density at radius 2 is 1.61 bits per heavy atom. The molecule has 1 aromatic carbocycles. The molecule has 156 valence electrons. The van der Waals surface area contributed by atoms with E-state index in [2.05, 4.69) is 10.6 Å². The fourth-order valence-corrected chi connectivity index (χ4v) is 3.76. The van der Waals surface area contributed by atoms with E-state index in [1.807, 2.05) is 0 Å². The van der Waals surface area contributed by atoms with Crippen molar-refractivity contribution in [3.63, 3.8) is 0 Å². The first-order chi connectivity index (χ1) is 13.0. The van der Waals surface area contributed by atoms with Gasteiger partial charge in [0.15, 0.2) is 6.29 Å².